The number of sulfone groups is 1. The van der Waals surface area contributed by atoms with Crippen LogP contribution in [0.25, 0.3) is 16.9 Å². The van der Waals surface area contributed by atoms with E-state index in [-0.39, 0.29) is 16.2 Å². The van der Waals surface area contributed by atoms with Gasteiger partial charge in [0.2, 0.25) is 0 Å². The van der Waals surface area contributed by atoms with Crippen LogP contribution in [0, 0.1) is 0 Å². The number of ether oxygens (including phenoxy) is 1. The van der Waals surface area contributed by atoms with Gasteiger partial charge in [0.05, 0.1) is 16.2 Å². The minimum atomic E-state index is -3.51. The number of nitrogens with one attached hydrogen (secondary N) is 1. The second kappa shape index (κ2) is 9.49. The molecule has 0 saturated carbocycles. The van der Waals surface area contributed by atoms with Gasteiger partial charge in [-0.2, -0.15) is 0 Å². The van der Waals surface area contributed by atoms with Crippen LogP contribution in [-0.4, -0.2) is 30.0 Å². The van der Waals surface area contributed by atoms with Crippen molar-refractivity contribution in [1.82, 2.24) is 9.38 Å². The van der Waals surface area contributed by atoms with Crippen molar-refractivity contribution in [3.8, 4) is 22.8 Å². The molecule has 2 heterocycles. The molecular formula is C27H20ClN3O4S. The average molecular weight is 518 g/mol. The van der Waals surface area contributed by atoms with Gasteiger partial charge in [0, 0.05) is 41.0 Å². The van der Waals surface area contributed by atoms with E-state index in [9.17, 15) is 13.2 Å². The molecular weight excluding hydrogens is 498 g/mol. The number of benzene rings is 3. The van der Waals surface area contributed by atoms with Crippen molar-refractivity contribution in [2.24, 2.45) is 0 Å². The summed E-state index contributed by atoms with van der Waals surface area (Å²) in [6.07, 6.45) is 4.96. The molecule has 5 aromatic rings. The molecule has 9 heteroatoms. The van der Waals surface area contributed by atoms with E-state index in [1.54, 1.807) is 36.4 Å². The third-order valence-electron chi connectivity index (χ3n) is 5.47. The van der Waals surface area contributed by atoms with Gasteiger partial charge in [-0.05, 0) is 60.7 Å². The maximum Gasteiger partial charge on any atom is 0.259 e. The van der Waals surface area contributed by atoms with Crippen LogP contribution in [0.4, 0.5) is 5.69 Å². The van der Waals surface area contributed by atoms with Crippen LogP contribution in [0.15, 0.2) is 102 Å². The van der Waals surface area contributed by atoms with E-state index in [0.29, 0.717) is 16.5 Å². The molecule has 1 N–H and O–H groups in total. The lowest BCUT2D eigenvalue weighted by molar-refractivity contribution is 0.102. The summed E-state index contributed by atoms with van der Waals surface area (Å²) in [5.74, 6) is 0.0782. The second-order valence-electron chi connectivity index (χ2n) is 8.11. The van der Waals surface area contributed by atoms with Gasteiger partial charge in [0.15, 0.2) is 9.84 Å². The summed E-state index contributed by atoms with van der Waals surface area (Å²) in [6, 6.07) is 23.8. The number of hydrogen-bond acceptors (Lipinski definition) is 5. The number of nitrogens with zero attached hydrogens (tertiary/aromatic N) is 2. The Morgan fingerprint density at radius 2 is 1.72 bits per heavy atom. The summed E-state index contributed by atoms with van der Waals surface area (Å²) in [7, 11) is -3.51. The molecule has 0 unspecified atom stereocenters. The Labute approximate surface area is 212 Å². The first-order chi connectivity index (χ1) is 17.3. The summed E-state index contributed by atoms with van der Waals surface area (Å²) in [5.41, 5.74) is 3.31. The van der Waals surface area contributed by atoms with Crippen LogP contribution in [0.2, 0.25) is 5.02 Å². The van der Waals surface area contributed by atoms with Crippen LogP contribution in [-0.2, 0) is 9.84 Å². The predicted molar refractivity (Wildman–Crippen MR) is 140 cm³/mol. The molecule has 36 heavy (non-hydrogen) atoms. The number of pyridine rings is 1. The average Bonchev–Trinajstić information content (AvgIpc) is 3.30. The van der Waals surface area contributed by atoms with Crippen molar-refractivity contribution < 1.29 is 17.9 Å². The van der Waals surface area contributed by atoms with Crippen molar-refractivity contribution >= 4 is 38.7 Å². The third kappa shape index (κ3) is 5.10. The Morgan fingerprint density at radius 1 is 0.972 bits per heavy atom. The van der Waals surface area contributed by atoms with Crippen LogP contribution < -0.4 is 10.1 Å². The molecule has 180 valence electrons. The quantitative estimate of drug-likeness (QED) is 0.294. The van der Waals surface area contributed by atoms with Crippen molar-refractivity contribution in [3.63, 3.8) is 0 Å². The molecule has 0 aliphatic carbocycles. The van der Waals surface area contributed by atoms with Gasteiger partial charge >= 0.3 is 0 Å². The molecule has 0 atom stereocenters. The van der Waals surface area contributed by atoms with Gasteiger partial charge in [0.25, 0.3) is 5.91 Å². The maximum atomic E-state index is 13.1. The fraction of sp³-hybridized carbons (Fsp3) is 0.0370. The number of carbonyl (C=O) groups is 1. The molecule has 0 fully saturated rings. The minimum absolute atomic E-state index is 0.0415. The first kappa shape index (κ1) is 23.6. The Kier molecular flexibility index (Phi) is 6.22. The van der Waals surface area contributed by atoms with Crippen molar-refractivity contribution in [2.45, 2.75) is 4.90 Å². The Balaban J connectivity index is 1.40. The smallest absolute Gasteiger partial charge is 0.259 e. The molecule has 2 aromatic heterocycles. The monoisotopic (exact) mass is 517 g/mol. The lowest BCUT2D eigenvalue weighted by Gasteiger charge is -2.13. The summed E-state index contributed by atoms with van der Waals surface area (Å²) < 4.78 is 32.0. The van der Waals surface area contributed by atoms with Crippen molar-refractivity contribution in [2.75, 3.05) is 11.6 Å². The number of imidazole rings is 1. The van der Waals surface area contributed by atoms with E-state index in [1.165, 1.54) is 18.2 Å². The molecule has 1 amide bonds. The van der Waals surface area contributed by atoms with Gasteiger partial charge in [-0.25, -0.2) is 13.4 Å². The minimum Gasteiger partial charge on any atom is -0.456 e. The predicted octanol–water partition coefficient (Wildman–Crippen LogP) is 6.10. The molecule has 0 spiro atoms. The van der Waals surface area contributed by atoms with Crippen LogP contribution in [0.3, 0.4) is 0 Å². The van der Waals surface area contributed by atoms with Gasteiger partial charge in [0.1, 0.15) is 17.1 Å². The molecule has 0 saturated heterocycles. The summed E-state index contributed by atoms with van der Waals surface area (Å²) in [6.45, 7) is 0. The first-order valence-corrected chi connectivity index (χ1v) is 13.2. The van der Waals surface area contributed by atoms with E-state index in [0.717, 1.165) is 23.2 Å². The zero-order chi connectivity index (χ0) is 25.3. The Morgan fingerprint density at radius 3 is 2.42 bits per heavy atom. The highest BCUT2D eigenvalue weighted by Gasteiger charge is 2.18. The lowest BCUT2D eigenvalue weighted by atomic mass is 10.1. The molecule has 3 aromatic carbocycles. The van der Waals surface area contributed by atoms with E-state index in [2.05, 4.69) is 10.3 Å². The highest BCUT2D eigenvalue weighted by molar-refractivity contribution is 7.90. The highest BCUT2D eigenvalue weighted by Crippen LogP contribution is 2.30. The number of anilines is 1. The number of hydrogen-bond donors (Lipinski definition) is 1. The zero-order valence-corrected chi connectivity index (χ0v) is 20.6. The molecule has 5 rings (SSSR count). The van der Waals surface area contributed by atoms with E-state index in [4.69, 9.17) is 16.3 Å². The topological polar surface area (TPSA) is 89.8 Å². The van der Waals surface area contributed by atoms with Crippen LogP contribution in [0.5, 0.6) is 11.5 Å². The molecule has 0 radical (unpaired) electrons. The van der Waals surface area contributed by atoms with E-state index in [1.807, 2.05) is 47.1 Å². The number of aromatic nitrogens is 2. The first-order valence-electron chi connectivity index (χ1n) is 10.9. The fourth-order valence-electron chi connectivity index (χ4n) is 3.63. The van der Waals surface area contributed by atoms with Crippen LogP contribution in [0.1, 0.15) is 10.4 Å². The van der Waals surface area contributed by atoms with Crippen molar-refractivity contribution in [1.29, 1.82) is 0 Å². The highest BCUT2D eigenvalue weighted by atomic mass is 35.5. The van der Waals surface area contributed by atoms with Gasteiger partial charge < -0.3 is 14.5 Å². The Bertz CT molecular complexity index is 1650. The largest absolute Gasteiger partial charge is 0.456 e. The third-order valence-corrected chi connectivity index (χ3v) is 6.83. The molecule has 7 nitrogen and oxygen atoms in total. The summed E-state index contributed by atoms with van der Waals surface area (Å²) >= 11 is 5.94. The number of amides is 1. The van der Waals surface area contributed by atoms with E-state index < -0.39 is 15.7 Å². The summed E-state index contributed by atoms with van der Waals surface area (Å²) in [5, 5.41) is 3.37. The lowest BCUT2D eigenvalue weighted by Crippen LogP contribution is -2.13. The second-order valence-corrected chi connectivity index (χ2v) is 10.6. The number of halogens is 1. The van der Waals surface area contributed by atoms with Gasteiger partial charge in [-0.1, -0.05) is 29.8 Å². The molecule has 0 aliphatic heterocycles. The standard InChI is InChI=1S/C27H20ClN3O4S/c1-36(33,34)22-13-14-23(25(16-22)35-21-11-7-19(28)8-12-21)27(32)29-20-9-5-18(6-10-20)24-17-31-15-3-2-4-26(31)30-24/h2-17H,1H3,(H,29,32). The normalized spacial score (nSPS) is 11.4. The molecule has 0 bridgehead atoms. The maximum absolute atomic E-state index is 13.1. The zero-order valence-electron chi connectivity index (χ0n) is 19.1. The van der Waals surface area contributed by atoms with Crippen LogP contribution >= 0.6 is 11.6 Å². The molecule has 0 aliphatic rings. The summed E-state index contributed by atoms with van der Waals surface area (Å²) in [4.78, 5) is 17.8. The number of fused-ring (bicyclic) bond motifs is 1. The SMILES string of the molecule is CS(=O)(=O)c1ccc(C(=O)Nc2ccc(-c3cn4ccccc4n3)cc2)c(Oc2ccc(Cl)cc2)c1. The fourth-order valence-corrected chi connectivity index (χ4v) is 4.39. The van der Waals surface area contributed by atoms with Gasteiger partial charge in [-0.3, -0.25) is 4.79 Å². The van der Waals surface area contributed by atoms with Crippen molar-refractivity contribution in [3.05, 3.63) is 108 Å². The number of carbonyl (C=O) groups excluding carboxylic acids is 1. The van der Waals surface area contributed by atoms with E-state index >= 15 is 0 Å². The number of rotatable bonds is 6. The Hall–Kier alpha value is -4.14. The van der Waals surface area contributed by atoms with Gasteiger partial charge in [-0.15, -0.1) is 0 Å².